The molecular weight excluding hydrogens is 318 g/mol. The maximum absolute atomic E-state index is 11.6. The fraction of sp³-hybridized carbons (Fsp3) is 0.800. The zero-order valence-electron chi connectivity index (χ0n) is 13.6. The quantitative estimate of drug-likeness (QED) is 0.440. The van der Waals surface area contributed by atoms with Crippen LogP contribution < -0.4 is 5.32 Å². The van der Waals surface area contributed by atoms with Crippen molar-refractivity contribution in [2.24, 2.45) is 0 Å². The van der Waals surface area contributed by atoms with E-state index >= 15 is 0 Å². The number of likely N-dealkylation sites (tertiary alicyclic amines) is 1. The Hall–Kier alpha value is -1.57. The Kier molecular flexibility index (Phi) is 6.88. The summed E-state index contributed by atoms with van der Waals surface area (Å²) in [6, 6.07) is 0.257. The van der Waals surface area contributed by atoms with Crippen LogP contribution in [0.2, 0.25) is 0 Å². The molecule has 0 saturated carbocycles. The average Bonchev–Trinajstić information content (AvgIpc) is 2.98. The van der Waals surface area contributed by atoms with Gasteiger partial charge in [-0.05, 0) is 38.4 Å². The summed E-state index contributed by atoms with van der Waals surface area (Å²) in [5.41, 5.74) is 0. The number of amides is 1. The predicted molar refractivity (Wildman–Crippen MR) is 89.1 cm³/mol. The molecule has 2 rings (SSSR count). The van der Waals surface area contributed by atoms with Crippen LogP contribution in [-0.2, 0) is 14.3 Å². The summed E-state index contributed by atoms with van der Waals surface area (Å²) in [7, 11) is 0. The van der Waals surface area contributed by atoms with Crippen LogP contribution in [0.4, 0.5) is 4.79 Å². The van der Waals surface area contributed by atoms with Gasteiger partial charge in [-0.1, -0.05) is 0 Å². The Labute approximate surface area is 142 Å². The van der Waals surface area contributed by atoms with Gasteiger partial charge >= 0.3 is 12.1 Å². The molecule has 0 spiro atoms. The van der Waals surface area contributed by atoms with E-state index in [0.717, 1.165) is 31.0 Å². The number of cyclic esters (lactones) is 1. The SMILES string of the molecule is CCOC(=O)CCCNC(=S)N1CCC(N2CCOC2=O)CC1. The molecule has 0 aromatic carbocycles. The molecule has 23 heavy (non-hydrogen) atoms. The van der Waals surface area contributed by atoms with Crippen molar-refractivity contribution in [2.75, 3.05) is 39.4 Å². The van der Waals surface area contributed by atoms with E-state index in [9.17, 15) is 9.59 Å². The number of carbonyl (C=O) groups is 2. The number of esters is 1. The first-order chi connectivity index (χ1) is 11.1. The van der Waals surface area contributed by atoms with Crippen molar-refractivity contribution >= 4 is 29.4 Å². The number of thiocarbonyl (C=S) groups is 1. The van der Waals surface area contributed by atoms with E-state index in [-0.39, 0.29) is 18.1 Å². The Morgan fingerprint density at radius 1 is 1.39 bits per heavy atom. The number of ether oxygens (including phenoxy) is 2. The van der Waals surface area contributed by atoms with E-state index in [0.29, 0.717) is 39.1 Å². The van der Waals surface area contributed by atoms with Crippen molar-refractivity contribution in [3.8, 4) is 0 Å². The first-order valence-electron chi connectivity index (χ1n) is 8.23. The maximum Gasteiger partial charge on any atom is 0.410 e. The number of rotatable bonds is 6. The lowest BCUT2D eigenvalue weighted by atomic mass is 10.0. The van der Waals surface area contributed by atoms with Crippen molar-refractivity contribution in [2.45, 2.75) is 38.6 Å². The van der Waals surface area contributed by atoms with Crippen LogP contribution in [0.15, 0.2) is 0 Å². The third-order valence-electron chi connectivity index (χ3n) is 4.12. The van der Waals surface area contributed by atoms with Crippen molar-refractivity contribution in [3.05, 3.63) is 0 Å². The number of carbonyl (C=O) groups excluding carboxylic acids is 2. The molecule has 2 aliphatic heterocycles. The molecule has 0 bridgehead atoms. The van der Waals surface area contributed by atoms with Crippen LogP contribution >= 0.6 is 12.2 Å². The van der Waals surface area contributed by atoms with Gasteiger partial charge < -0.3 is 24.6 Å². The summed E-state index contributed by atoms with van der Waals surface area (Å²) < 4.78 is 9.87. The van der Waals surface area contributed by atoms with E-state index in [1.807, 2.05) is 4.90 Å². The van der Waals surface area contributed by atoms with Gasteiger partial charge in [0, 0.05) is 32.1 Å². The van der Waals surface area contributed by atoms with Crippen LogP contribution in [0.1, 0.15) is 32.6 Å². The predicted octanol–water partition coefficient (Wildman–Crippen LogP) is 1.12. The molecular formula is C15H25N3O4S. The normalized spacial score (nSPS) is 18.7. The lowest BCUT2D eigenvalue weighted by Gasteiger charge is -2.36. The molecule has 0 unspecified atom stereocenters. The van der Waals surface area contributed by atoms with Gasteiger partial charge in [0.2, 0.25) is 0 Å². The topological polar surface area (TPSA) is 71.1 Å². The highest BCUT2D eigenvalue weighted by Gasteiger charge is 2.32. The molecule has 1 N–H and O–H groups in total. The first kappa shape index (κ1) is 17.8. The lowest BCUT2D eigenvalue weighted by Crippen LogP contribution is -2.49. The van der Waals surface area contributed by atoms with Crippen molar-refractivity contribution in [1.29, 1.82) is 0 Å². The molecule has 7 nitrogen and oxygen atoms in total. The van der Waals surface area contributed by atoms with Crippen LogP contribution in [0, 0.1) is 0 Å². The van der Waals surface area contributed by atoms with Crippen molar-refractivity contribution < 1.29 is 19.1 Å². The lowest BCUT2D eigenvalue weighted by molar-refractivity contribution is -0.143. The zero-order valence-corrected chi connectivity index (χ0v) is 14.4. The smallest absolute Gasteiger partial charge is 0.410 e. The minimum atomic E-state index is -0.192. The monoisotopic (exact) mass is 343 g/mol. The average molecular weight is 343 g/mol. The van der Waals surface area contributed by atoms with Gasteiger partial charge in [0.1, 0.15) is 6.61 Å². The maximum atomic E-state index is 11.6. The van der Waals surface area contributed by atoms with Gasteiger partial charge in [0.25, 0.3) is 0 Å². The Morgan fingerprint density at radius 3 is 2.74 bits per heavy atom. The van der Waals surface area contributed by atoms with Gasteiger partial charge in [-0.15, -0.1) is 0 Å². The number of hydrogen-bond acceptors (Lipinski definition) is 5. The van der Waals surface area contributed by atoms with E-state index < -0.39 is 0 Å². The third kappa shape index (κ3) is 5.23. The van der Waals surface area contributed by atoms with Crippen LogP contribution in [-0.4, -0.2) is 72.4 Å². The molecule has 8 heteroatoms. The highest BCUT2D eigenvalue weighted by molar-refractivity contribution is 7.80. The number of nitrogens with one attached hydrogen (secondary N) is 1. The molecule has 0 aromatic rings. The van der Waals surface area contributed by atoms with Crippen LogP contribution in [0.3, 0.4) is 0 Å². The zero-order chi connectivity index (χ0) is 16.7. The molecule has 2 aliphatic rings. The summed E-state index contributed by atoms with van der Waals surface area (Å²) in [6.45, 7) is 5.74. The third-order valence-corrected chi connectivity index (χ3v) is 4.53. The molecule has 0 aliphatic carbocycles. The Balaban J connectivity index is 1.62. The van der Waals surface area contributed by atoms with Crippen molar-refractivity contribution in [3.63, 3.8) is 0 Å². The van der Waals surface area contributed by atoms with Gasteiger partial charge in [-0.2, -0.15) is 0 Å². The molecule has 0 atom stereocenters. The fourth-order valence-corrected chi connectivity index (χ4v) is 3.18. The molecule has 0 radical (unpaired) electrons. The second-order valence-corrected chi connectivity index (χ2v) is 6.05. The van der Waals surface area contributed by atoms with E-state index in [2.05, 4.69) is 10.2 Å². The summed E-state index contributed by atoms with van der Waals surface area (Å²) >= 11 is 5.39. The molecule has 2 saturated heterocycles. The van der Waals surface area contributed by atoms with Crippen LogP contribution in [0.25, 0.3) is 0 Å². The van der Waals surface area contributed by atoms with Gasteiger partial charge in [0.15, 0.2) is 5.11 Å². The summed E-state index contributed by atoms with van der Waals surface area (Å²) in [4.78, 5) is 26.8. The first-order valence-corrected chi connectivity index (χ1v) is 8.64. The summed E-state index contributed by atoms with van der Waals surface area (Å²) in [5.74, 6) is -0.168. The minimum absolute atomic E-state index is 0.168. The molecule has 1 amide bonds. The number of hydrogen-bond donors (Lipinski definition) is 1. The van der Waals surface area contributed by atoms with Gasteiger partial charge in [-0.3, -0.25) is 4.79 Å². The number of piperidine rings is 1. The highest BCUT2D eigenvalue weighted by atomic mass is 32.1. The van der Waals surface area contributed by atoms with Gasteiger partial charge in [0.05, 0.1) is 13.2 Å². The largest absolute Gasteiger partial charge is 0.466 e. The molecule has 2 fully saturated rings. The Morgan fingerprint density at radius 2 is 2.13 bits per heavy atom. The van der Waals surface area contributed by atoms with Crippen LogP contribution in [0.5, 0.6) is 0 Å². The molecule has 0 aromatic heterocycles. The Bertz CT molecular complexity index is 438. The number of nitrogens with zero attached hydrogens (tertiary/aromatic N) is 2. The van der Waals surface area contributed by atoms with Gasteiger partial charge in [-0.25, -0.2) is 4.79 Å². The standard InChI is InChI=1S/C15H25N3O4S/c1-2-21-13(19)4-3-7-16-14(23)17-8-5-12(6-9-17)18-10-11-22-15(18)20/h12H,2-11H2,1H3,(H,16,23). The highest BCUT2D eigenvalue weighted by Crippen LogP contribution is 2.19. The molecule has 130 valence electrons. The molecule has 2 heterocycles. The summed E-state index contributed by atoms with van der Waals surface area (Å²) in [5, 5.41) is 3.91. The van der Waals surface area contributed by atoms with E-state index in [1.165, 1.54) is 0 Å². The second-order valence-electron chi connectivity index (χ2n) is 5.67. The second kappa shape index (κ2) is 8.90. The van der Waals surface area contributed by atoms with E-state index in [1.54, 1.807) is 6.92 Å². The van der Waals surface area contributed by atoms with Crippen molar-refractivity contribution in [1.82, 2.24) is 15.1 Å². The minimum Gasteiger partial charge on any atom is -0.466 e. The van der Waals surface area contributed by atoms with E-state index in [4.69, 9.17) is 21.7 Å². The summed E-state index contributed by atoms with van der Waals surface area (Å²) in [6.07, 6.45) is 2.72. The fourth-order valence-electron chi connectivity index (χ4n) is 2.89.